The molecule has 1 aromatic heterocycles. The molecule has 1 amide bonds. The van der Waals surface area contributed by atoms with Crippen LogP contribution in [-0.2, 0) is 11.2 Å². The van der Waals surface area contributed by atoms with E-state index in [4.69, 9.17) is 15.7 Å². The van der Waals surface area contributed by atoms with Gasteiger partial charge in [0.25, 0.3) is 11.9 Å². The van der Waals surface area contributed by atoms with E-state index < -0.39 is 0 Å². The Hall–Kier alpha value is -3.40. The van der Waals surface area contributed by atoms with Crippen molar-refractivity contribution in [2.75, 3.05) is 11.9 Å². The van der Waals surface area contributed by atoms with Crippen LogP contribution in [0.4, 0.5) is 5.69 Å². The first-order valence-electron chi connectivity index (χ1n) is 7.86. The Balaban J connectivity index is 1.54. The number of hydrogen-bond acceptors (Lipinski definition) is 6. The van der Waals surface area contributed by atoms with E-state index in [0.29, 0.717) is 17.9 Å². The molecular weight excluding hydrogens is 318 g/mol. The van der Waals surface area contributed by atoms with E-state index in [1.165, 1.54) is 12.3 Å². The minimum atomic E-state index is -0.266. The Morgan fingerprint density at radius 2 is 2.12 bits per heavy atom. The summed E-state index contributed by atoms with van der Waals surface area (Å²) in [5, 5.41) is 11.5. The number of carbonyl (C=O) groups excluding carboxylic acids is 1. The maximum Gasteiger partial charge on any atom is 0.282 e. The molecule has 0 unspecified atom stereocenters. The zero-order valence-corrected chi connectivity index (χ0v) is 13.5. The van der Waals surface area contributed by atoms with Gasteiger partial charge < -0.3 is 15.8 Å². The van der Waals surface area contributed by atoms with Gasteiger partial charge in [-0.1, -0.05) is 12.1 Å². The summed E-state index contributed by atoms with van der Waals surface area (Å²) < 4.78 is 5.13. The van der Waals surface area contributed by atoms with E-state index in [9.17, 15) is 4.79 Å². The van der Waals surface area contributed by atoms with Crippen molar-refractivity contribution in [1.82, 2.24) is 4.98 Å². The van der Waals surface area contributed by atoms with Crippen LogP contribution in [0.25, 0.3) is 0 Å². The Morgan fingerprint density at radius 1 is 1.32 bits per heavy atom. The van der Waals surface area contributed by atoms with Crippen molar-refractivity contribution in [2.45, 2.75) is 18.9 Å². The van der Waals surface area contributed by atoms with E-state index in [1.54, 1.807) is 6.07 Å². The van der Waals surface area contributed by atoms with Crippen LogP contribution in [0.1, 0.15) is 28.0 Å². The molecule has 1 aliphatic rings. The van der Waals surface area contributed by atoms with Crippen LogP contribution in [0.3, 0.4) is 0 Å². The van der Waals surface area contributed by atoms with Gasteiger partial charge in [0.05, 0.1) is 11.6 Å². The fraction of sp³-hybridized carbons (Fsp3) is 0.222. The van der Waals surface area contributed by atoms with Crippen LogP contribution in [0.15, 0.2) is 47.6 Å². The van der Waals surface area contributed by atoms with Gasteiger partial charge in [-0.3, -0.25) is 4.79 Å². The number of rotatable bonds is 5. The predicted octanol–water partition coefficient (Wildman–Crippen LogP) is 1.85. The zero-order chi connectivity index (χ0) is 17.6. The van der Waals surface area contributed by atoms with Crippen LogP contribution in [0.2, 0.25) is 0 Å². The second kappa shape index (κ2) is 7.45. The molecule has 0 saturated carbocycles. The summed E-state index contributed by atoms with van der Waals surface area (Å²) >= 11 is 0. The summed E-state index contributed by atoms with van der Waals surface area (Å²) in [7, 11) is 0. The number of benzene rings is 1. The quantitative estimate of drug-likeness (QED) is 0.865. The summed E-state index contributed by atoms with van der Waals surface area (Å²) in [6.45, 7) is 0.540. The lowest BCUT2D eigenvalue weighted by atomic mass is 10.1. The van der Waals surface area contributed by atoms with E-state index in [1.807, 2.05) is 30.3 Å². The molecule has 2 aromatic rings. The predicted molar refractivity (Wildman–Crippen MR) is 93.0 cm³/mol. The molecule has 0 saturated heterocycles. The van der Waals surface area contributed by atoms with E-state index in [-0.39, 0.29) is 23.7 Å². The monoisotopic (exact) mass is 335 g/mol. The van der Waals surface area contributed by atoms with Gasteiger partial charge in [-0.2, -0.15) is 5.26 Å². The summed E-state index contributed by atoms with van der Waals surface area (Å²) in [6, 6.07) is 13.0. The number of nitrogens with zero attached hydrogens (tertiary/aromatic N) is 3. The molecule has 3 rings (SSSR count). The Morgan fingerprint density at radius 3 is 2.72 bits per heavy atom. The summed E-state index contributed by atoms with van der Waals surface area (Å²) in [4.78, 5) is 20.2. The highest BCUT2D eigenvalue weighted by molar-refractivity contribution is 6.04. The molecule has 0 bridgehead atoms. The van der Waals surface area contributed by atoms with Gasteiger partial charge in [-0.15, -0.1) is 0 Å². The van der Waals surface area contributed by atoms with E-state index >= 15 is 0 Å². The average Bonchev–Trinajstić information content (AvgIpc) is 3.06. The van der Waals surface area contributed by atoms with Crippen LogP contribution < -0.4 is 11.1 Å². The highest BCUT2D eigenvalue weighted by Crippen LogP contribution is 2.15. The molecule has 1 atom stereocenters. The van der Waals surface area contributed by atoms with Crippen molar-refractivity contribution in [1.29, 1.82) is 5.26 Å². The summed E-state index contributed by atoms with van der Waals surface area (Å²) in [5.41, 5.74) is 8.02. The maximum atomic E-state index is 12.2. The molecule has 7 nitrogen and oxygen atoms in total. The Kier molecular flexibility index (Phi) is 4.90. The summed E-state index contributed by atoms with van der Waals surface area (Å²) in [5.74, 6) is -0.266. The Labute approximate surface area is 145 Å². The number of anilines is 1. The lowest BCUT2D eigenvalue weighted by molar-refractivity contribution is 0.102. The van der Waals surface area contributed by atoms with Gasteiger partial charge >= 0.3 is 0 Å². The highest BCUT2D eigenvalue weighted by Gasteiger charge is 2.16. The molecule has 0 spiro atoms. The van der Waals surface area contributed by atoms with Crippen molar-refractivity contribution in [3.8, 4) is 6.07 Å². The van der Waals surface area contributed by atoms with Gasteiger partial charge in [0.2, 0.25) is 0 Å². The van der Waals surface area contributed by atoms with E-state index in [0.717, 1.165) is 18.4 Å². The number of amides is 1. The number of aryl methyl sites for hydroxylation is 1. The number of ether oxygens (including phenoxy) is 1. The molecule has 0 radical (unpaired) electrons. The van der Waals surface area contributed by atoms with Gasteiger partial charge in [-0.05, 0) is 42.7 Å². The lowest BCUT2D eigenvalue weighted by Gasteiger charge is -2.08. The third-order valence-corrected chi connectivity index (χ3v) is 3.85. The van der Waals surface area contributed by atoms with Crippen LogP contribution in [0, 0.1) is 11.3 Å². The minimum absolute atomic E-state index is 0.114. The molecule has 25 heavy (non-hydrogen) atoms. The third kappa shape index (κ3) is 4.32. The normalized spacial score (nSPS) is 15.8. The number of aromatic nitrogens is 1. The number of amidine groups is 1. The molecule has 126 valence electrons. The first-order chi connectivity index (χ1) is 12.1. The fourth-order valence-corrected chi connectivity index (χ4v) is 2.47. The zero-order valence-electron chi connectivity index (χ0n) is 13.5. The van der Waals surface area contributed by atoms with Gasteiger partial charge in [0, 0.05) is 11.9 Å². The van der Waals surface area contributed by atoms with Crippen molar-refractivity contribution in [2.24, 2.45) is 10.7 Å². The molecule has 0 fully saturated rings. The number of carbonyl (C=O) groups is 1. The molecular formula is C18H17N5O2. The van der Waals surface area contributed by atoms with Crippen molar-refractivity contribution < 1.29 is 9.53 Å². The highest BCUT2D eigenvalue weighted by atomic mass is 16.5. The first-order valence-corrected chi connectivity index (χ1v) is 7.86. The van der Waals surface area contributed by atoms with Crippen LogP contribution >= 0.6 is 0 Å². The van der Waals surface area contributed by atoms with Crippen molar-refractivity contribution >= 4 is 17.6 Å². The number of nitriles is 1. The number of nitrogens with two attached hydrogens (primary N) is 1. The van der Waals surface area contributed by atoms with Crippen LogP contribution in [-0.4, -0.2) is 29.6 Å². The smallest absolute Gasteiger partial charge is 0.282 e. The SMILES string of the molecule is N#Cc1ccc(C(=O)Nc2ccc(CC[C@H]3COC(N)=N3)cc2)cn1. The van der Waals surface area contributed by atoms with Crippen LogP contribution in [0.5, 0.6) is 0 Å². The standard InChI is InChI=1S/C18H17N5O2/c19-9-15-8-4-13(10-21-15)17(24)22-14-5-1-12(2-6-14)3-7-16-11-25-18(20)23-16/h1-2,4-6,8,10,16H,3,7,11H2,(H2,20,23)(H,22,24)/t16-/m0/s1. The average molecular weight is 335 g/mol. The number of pyridine rings is 1. The van der Waals surface area contributed by atoms with Crippen molar-refractivity contribution in [3.63, 3.8) is 0 Å². The first kappa shape index (κ1) is 16.5. The molecule has 1 aromatic carbocycles. The molecule has 3 N–H and O–H groups in total. The molecule has 7 heteroatoms. The topological polar surface area (TPSA) is 113 Å². The van der Waals surface area contributed by atoms with E-state index in [2.05, 4.69) is 15.3 Å². The third-order valence-electron chi connectivity index (χ3n) is 3.85. The number of nitrogens with one attached hydrogen (secondary N) is 1. The van der Waals surface area contributed by atoms with Gasteiger partial charge in [0.15, 0.2) is 0 Å². The maximum absolute atomic E-state index is 12.2. The number of hydrogen-bond donors (Lipinski definition) is 2. The lowest BCUT2D eigenvalue weighted by Crippen LogP contribution is -2.12. The summed E-state index contributed by atoms with van der Waals surface area (Å²) in [6.07, 6.45) is 3.11. The van der Waals surface area contributed by atoms with Crippen molar-refractivity contribution in [3.05, 3.63) is 59.4 Å². The van der Waals surface area contributed by atoms with Gasteiger partial charge in [0.1, 0.15) is 18.4 Å². The number of aliphatic imine (C=N–C) groups is 1. The largest absolute Gasteiger partial charge is 0.463 e. The second-order valence-corrected chi connectivity index (χ2v) is 5.67. The second-order valence-electron chi connectivity index (χ2n) is 5.67. The van der Waals surface area contributed by atoms with Gasteiger partial charge in [-0.25, -0.2) is 9.98 Å². The minimum Gasteiger partial charge on any atom is -0.463 e. The molecule has 2 heterocycles. The fourth-order valence-electron chi connectivity index (χ4n) is 2.47. The molecule has 1 aliphatic heterocycles. The Bertz CT molecular complexity index is 822. The molecule has 0 aliphatic carbocycles.